The van der Waals surface area contributed by atoms with Crippen LogP contribution in [-0.4, -0.2) is 63.8 Å². The monoisotopic (exact) mass is 387 g/mol. The van der Waals surface area contributed by atoms with Gasteiger partial charge in [0.05, 0.1) is 13.4 Å². The maximum atomic E-state index is 13.3. The number of aromatic hydroxyl groups is 1. The summed E-state index contributed by atoms with van der Waals surface area (Å²) in [7, 11) is 3.10. The second kappa shape index (κ2) is 8.88. The van der Waals surface area contributed by atoms with Gasteiger partial charge in [0.1, 0.15) is 17.5 Å². The van der Waals surface area contributed by atoms with Crippen molar-refractivity contribution in [3.8, 4) is 5.75 Å². The Bertz CT molecular complexity index is 829. The van der Waals surface area contributed by atoms with E-state index < -0.39 is 12.0 Å². The molecule has 1 aromatic heterocycles. The average molecular weight is 387 g/mol. The van der Waals surface area contributed by atoms with Gasteiger partial charge in [0.15, 0.2) is 0 Å². The van der Waals surface area contributed by atoms with Crippen molar-refractivity contribution < 1.29 is 24.2 Å². The van der Waals surface area contributed by atoms with Gasteiger partial charge in [-0.2, -0.15) is 0 Å². The number of hydrogen-bond acceptors (Lipinski definition) is 6. The second-order valence-electron chi connectivity index (χ2n) is 6.89. The summed E-state index contributed by atoms with van der Waals surface area (Å²) in [6.45, 7) is 1.05. The molecule has 1 amide bonds. The number of carbonyl (C=O) groups is 2. The first-order valence-electron chi connectivity index (χ1n) is 9.23. The van der Waals surface area contributed by atoms with Crippen molar-refractivity contribution in [1.82, 2.24) is 14.5 Å². The molecule has 0 saturated carbocycles. The fraction of sp³-hybridized carbons (Fsp3) is 0.450. The van der Waals surface area contributed by atoms with E-state index >= 15 is 0 Å². The van der Waals surface area contributed by atoms with E-state index in [9.17, 15) is 14.7 Å². The molecular weight excluding hydrogens is 362 g/mol. The molecule has 2 heterocycles. The van der Waals surface area contributed by atoms with Gasteiger partial charge < -0.3 is 24.0 Å². The number of nitrogens with zero attached hydrogens (tertiary/aromatic N) is 3. The summed E-state index contributed by atoms with van der Waals surface area (Å²) in [6, 6.07) is 5.67. The van der Waals surface area contributed by atoms with E-state index in [4.69, 9.17) is 9.47 Å². The zero-order valence-electron chi connectivity index (χ0n) is 16.1. The molecule has 1 atom stereocenters. The predicted octanol–water partition coefficient (Wildman–Crippen LogP) is 1.53. The summed E-state index contributed by atoms with van der Waals surface area (Å²) in [5, 5.41) is 9.77. The third-order valence-electron chi connectivity index (χ3n) is 4.89. The van der Waals surface area contributed by atoms with E-state index in [1.54, 1.807) is 47.2 Å². The Kier molecular flexibility index (Phi) is 6.30. The molecule has 0 aliphatic carbocycles. The summed E-state index contributed by atoms with van der Waals surface area (Å²) < 4.78 is 12.2. The lowest BCUT2D eigenvalue weighted by atomic mass is 9.98. The van der Waals surface area contributed by atoms with Gasteiger partial charge in [0.25, 0.3) is 5.91 Å². The summed E-state index contributed by atoms with van der Waals surface area (Å²) in [4.78, 5) is 31.8. The number of methoxy groups -OCH3 is 1. The largest absolute Gasteiger partial charge is 0.508 e. The lowest BCUT2D eigenvalue weighted by Crippen LogP contribution is -2.53. The molecule has 1 fully saturated rings. The second-order valence-corrected chi connectivity index (χ2v) is 6.89. The summed E-state index contributed by atoms with van der Waals surface area (Å²) in [6.07, 6.45) is 4.68. The first kappa shape index (κ1) is 19.9. The third-order valence-corrected chi connectivity index (χ3v) is 4.89. The molecule has 0 radical (unpaired) electrons. The zero-order valence-corrected chi connectivity index (χ0v) is 16.1. The molecule has 1 saturated heterocycles. The summed E-state index contributed by atoms with van der Waals surface area (Å²) >= 11 is 0. The number of aryl methyl sites for hydroxylation is 1. The highest BCUT2D eigenvalue weighted by Crippen LogP contribution is 2.24. The molecule has 1 unspecified atom stereocenters. The van der Waals surface area contributed by atoms with Crippen molar-refractivity contribution in [1.29, 1.82) is 0 Å². The first-order valence-corrected chi connectivity index (χ1v) is 9.23. The molecule has 2 aromatic rings. The molecule has 1 aliphatic rings. The highest BCUT2D eigenvalue weighted by molar-refractivity contribution is 5.95. The minimum absolute atomic E-state index is 0.106. The van der Waals surface area contributed by atoms with E-state index in [1.165, 1.54) is 7.11 Å². The maximum Gasteiger partial charge on any atom is 0.328 e. The van der Waals surface area contributed by atoms with Crippen LogP contribution in [0.4, 0.5) is 0 Å². The minimum atomic E-state index is -0.829. The molecule has 3 rings (SSSR count). The number of esters is 1. The Labute approximate surface area is 163 Å². The number of phenolic OH excluding ortho intramolecular Hbond substituents is 1. The Hall–Kier alpha value is -2.87. The van der Waals surface area contributed by atoms with Gasteiger partial charge in [0.2, 0.25) is 0 Å². The van der Waals surface area contributed by atoms with E-state index in [1.807, 2.05) is 6.07 Å². The maximum absolute atomic E-state index is 13.3. The molecule has 0 spiro atoms. The fourth-order valence-corrected chi connectivity index (χ4v) is 3.52. The fourth-order valence-electron chi connectivity index (χ4n) is 3.52. The number of ether oxygens (including phenoxy) is 2. The van der Waals surface area contributed by atoms with Crippen molar-refractivity contribution in [2.24, 2.45) is 7.05 Å². The van der Waals surface area contributed by atoms with E-state index in [-0.39, 0.29) is 29.8 Å². The molecule has 8 heteroatoms. The highest BCUT2D eigenvalue weighted by Gasteiger charge is 2.38. The Morgan fingerprint density at radius 2 is 2.14 bits per heavy atom. The standard InChI is InChI=1S/C20H25N3O5/c1-22-12-17(21-13-22)19(25)23(15-6-8-28-9-7-15)18(20(26)27-2)11-14-4-3-5-16(24)10-14/h3-5,10,12-13,15,18,24H,6-9,11H2,1-2H3. The van der Waals surface area contributed by atoms with Crippen LogP contribution >= 0.6 is 0 Å². The topological polar surface area (TPSA) is 93.9 Å². The summed E-state index contributed by atoms with van der Waals surface area (Å²) in [5.74, 6) is -0.711. The van der Waals surface area contributed by atoms with E-state index in [2.05, 4.69) is 4.98 Å². The third kappa shape index (κ3) is 4.51. The number of aromatic nitrogens is 2. The Morgan fingerprint density at radius 1 is 1.39 bits per heavy atom. The van der Waals surface area contributed by atoms with Gasteiger partial charge >= 0.3 is 5.97 Å². The van der Waals surface area contributed by atoms with Crippen LogP contribution in [0.15, 0.2) is 36.8 Å². The smallest absolute Gasteiger partial charge is 0.328 e. The first-order chi connectivity index (χ1) is 13.5. The van der Waals surface area contributed by atoms with Crippen LogP contribution in [0.3, 0.4) is 0 Å². The van der Waals surface area contributed by atoms with Crippen LogP contribution in [0.25, 0.3) is 0 Å². The number of benzene rings is 1. The molecule has 1 aromatic carbocycles. The number of carbonyl (C=O) groups excluding carboxylic acids is 2. The lowest BCUT2D eigenvalue weighted by Gasteiger charge is -2.38. The normalized spacial score (nSPS) is 15.8. The van der Waals surface area contributed by atoms with E-state index in [0.717, 1.165) is 5.56 Å². The van der Waals surface area contributed by atoms with Gasteiger partial charge in [-0.3, -0.25) is 4.79 Å². The molecule has 1 N–H and O–H groups in total. The number of rotatable bonds is 6. The Morgan fingerprint density at radius 3 is 2.75 bits per heavy atom. The van der Waals surface area contributed by atoms with Crippen molar-refractivity contribution >= 4 is 11.9 Å². The van der Waals surface area contributed by atoms with Gasteiger partial charge in [-0.15, -0.1) is 0 Å². The van der Waals surface area contributed by atoms with Crippen LogP contribution in [-0.2, 0) is 27.7 Å². The predicted molar refractivity (Wildman–Crippen MR) is 101 cm³/mol. The quantitative estimate of drug-likeness (QED) is 0.756. The van der Waals surface area contributed by atoms with Crippen LogP contribution in [0.1, 0.15) is 28.9 Å². The molecular formula is C20H25N3O5. The summed E-state index contributed by atoms with van der Waals surface area (Å²) in [5.41, 5.74) is 1.01. The van der Waals surface area contributed by atoms with Gasteiger partial charge in [-0.1, -0.05) is 12.1 Å². The van der Waals surface area contributed by atoms with Crippen molar-refractivity contribution in [3.05, 3.63) is 48.0 Å². The molecule has 150 valence electrons. The van der Waals surface area contributed by atoms with Gasteiger partial charge in [-0.25, -0.2) is 9.78 Å². The lowest BCUT2D eigenvalue weighted by molar-refractivity contribution is -0.147. The Balaban J connectivity index is 1.97. The van der Waals surface area contributed by atoms with Gasteiger partial charge in [-0.05, 0) is 30.5 Å². The highest BCUT2D eigenvalue weighted by atomic mass is 16.5. The molecule has 28 heavy (non-hydrogen) atoms. The van der Waals surface area contributed by atoms with Crippen LogP contribution in [0.2, 0.25) is 0 Å². The molecule has 1 aliphatic heterocycles. The SMILES string of the molecule is COC(=O)C(Cc1cccc(O)c1)N(C(=O)c1cn(C)cn1)C1CCOCC1. The molecule has 0 bridgehead atoms. The zero-order chi connectivity index (χ0) is 20.1. The number of hydrogen-bond donors (Lipinski definition) is 1. The van der Waals surface area contributed by atoms with Crippen LogP contribution < -0.4 is 0 Å². The number of imidazole rings is 1. The van der Waals surface area contributed by atoms with Gasteiger partial charge in [0, 0.05) is 38.9 Å². The van der Waals surface area contributed by atoms with Crippen LogP contribution in [0.5, 0.6) is 5.75 Å². The van der Waals surface area contributed by atoms with E-state index in [0.29, 0.717) is 26.1 Å². The number of phenols is 1. The van der Waals surface area contributed by atoms with Crippen molar-refractivity contribution in [2.75, 3.05) is 20.3 Å². The van der Waals surface area contributed by atoms with Crippen molar-refractivity contribution in [2.45, 2.75) is 31.3 Å². The number of amides is 1. The van der Waals surface area contributed by atoms with Crippen molar-refractivity contribution in [3.63, 3.8) is 0 Å². The molecule has 8 nitrogen and oxygen atoms in total. The average Bonchev–Trinajstić information content (AvgIpc) is 3.14. The minimum Gasteiger partial charge on any atom is -0.508 e. The van der Waals surface area contributed by atoms with Crippen LogP contribution in [0, 0.1) is 0 Å².